The summed E-state index contributed by atoms with van der Waals surface area (Å²) in [5.74, 6) is 6.21. The molecule has 3 aromatic carbocycles. The van der Waals surface area contributed by atoms with E-state index in [0.717, 1.165) is 10.0 Å². The third kappa shape index (κ3) is 2.43. The molecule has 28 heavy (non-hydrogen) atoms. The first kappa shape index (κ1) is 16.9. The van der Waals surface area contributed by atoms with E-state index in [-0.39, 0.29) is 11.4 Å². The molecule has 1 aliphatic heterocycles. The van der Waals surface area contributed by atoms with E-state index >= 15 is 0 Å². The second-order valence-corrected chi connectivity index (χ2v) is 7.50. The maximum atomic E-state index is 13.2. The van der Waals surface area contributed by atoms with Gasteiger partial charge in [-0.1, -0.05) is 58.2 Å². The van der Waals surface area contributed by atoms with Gasteiger partial charge >= 0.3 is 0 Å². The lowest BCUT2D eigenvalue weighted by atomic mass is 9.95. The molecule has 0 radical (unpaired) electrons. The van der Waals surface area contributed by atoms with E-state index in [1.165, 1.54) is 4.57 Å². The zero-order chi connectivity index (χ0) is 19.3. The Morgan fingerprint density at radius 2 is 1.75 bits per heavy atom. The van der Waals surface area contributed by atoms with Gasteiger partial charge < -0.3 is 5.11 Å². The van der Waals surface area contributed by atoms with Crippen molar-refractivity contribution in [3.05, 3.63) is 105 Å². The van der Waals surface area contributed by atoms with Crippen LogP contribution in [-0.2, 0) is 5.60 Å². The molecule has 1 N–H and O–H groups in total. The number of halogens is 1. The number of aliphatic hydroxyl groups is 1. The number of nitrogens with zero attached hydrogens (tertiary/aromatic N) is 2. The van der Waals surface area contributed by atoms with Crippen molar-refractivity contribution in [3.8, 4) is 17.5 Å². The van der Waals surface area contributed by atoms with Gasteiger partial charge in [-0.25, -0.2) is 4.98 Å². The average Bonchev–Trinajstić information content (AvgIpc) is 2.96. The number of rotatable bonds is 0. The van der Waals surface area contributed by atoms with Crippen molar-refractivity contribution in [1.29, 1.82) is 0 Å². The molecule has 0 saturated carbocycles. The number of fused-ring (bicyclic) bond motifs is 4. The van der Waals surface area contributed by atoms with Gasteiger partial charge in [0.15, 0.2) is 5.82 Å². The Kier molecular flexibility index (Phi) is 3.73. The summed E-state index contributed by atoms with van der Waals surface area (Å²) in [6.07, 6.45) is 0. The van der Waals surface area contributed by atoms with Gasteiger partial charge in [0.1, 0.15) is 0 Å². The Morgan fingerprint density at radius 1 is 1.00 bits per heavy atom. The smallest absolute Gasteiger partial charge is 0.266 e. The van der Waals surface area contributed by atoms with E-state index < -0.39 is 5.60 Å². The summed E-state index contributed by atoms with van der Waals surface area (Å²) >= 11 is 3.45. The normalized spacial score (nSPS) is 16.9. The largest absolute Gasteiger partial charge is 0.367 e. The fourth-order valence-electron chi connectivity index (χ4n) is 3.52. The fourth-order valence-corrected chi connectivity index (χ4v) is 3.87. The second-order valence-electron chi connectivity index (χ2n) is 6.58. The second kappa shape index (κ2) is 6.16. The molecule has 1 unspecified atom stereocenters. The standard InChI is InChI=1S/C23H13BrN2O2/c24-16-10-11-18-20(14-16)26-21(27)17-8-4-5-9-19(17)25-22(26)23(18,28)13-12-15-6-2-1-3-7-15/h1-11,14,28H. The van der Waals surface area contributed by atoms with Crippen LogP contribution >= 0.6 is 15.9 Å². The molecule has 0 fully saturated rings. The molecule has 0 amide bonds. The molecule has 134 valence electrons. The van der Waals surface area contributed by atoms with Crippen molar-refractivity contribution in [1.82, 2.24) is 9.55 Å². The zero-order valence-corrected chi connectivity index (χ0v) is 16.1. The van der Waals surface area contributed by atoms with Crippen LogP contribution in [0.15, 0.2) is 82.1 Å². The van der Waals surface area contributed by atoms with Crippen molar-refractivity contribution in [2.45, 2.75) is 5.60 Å². The lowest BCUT2D eigenvalue weighted by Crippen LogP contribution is -2.28. The van der Waals surface area contributed by atoms with Crippen LogP contribution in [0.3, 0.4) is 0 Å². The third-order valence-corrected chi connectivity index (χ3v) is 5.34. The van der Waals surface area contributed by atoms with Crippen LogP contribution in [0.5, 0.6) is 0 Å². The Hall–Kier alpha value is -3.20. The molecule has 1 atom stereocenters. The van der Waals surface area contributed by atoms with Gasteiger partial charge in [-0.2, -0.15) is 0 Å². The highest BCUT2D eigenvalue weighted by molar-refractivity contribution is 9.10. The van der Waals surface area contributed by atoms with Gasteiger partial charge in [0.2, 0.25) is 5.60 Å². The first-order chi connectivity index (χ1) is 13.6. The highest BCUT2D eigenvalue weighted by atomic mass is 79.9. The predicted octanol–water partition coefficient (Wildman–Crippen LogP) is 3.75. The molecular weight excluding hydrogens is 416 g/mol. The number of para-hydroxylation sites is 1. The Balaban J connectivity index is 1.86. The quantitative estimate of drug-likeness (QED) is 0.434. The zero-order valence-electron chi connectivity index (χ0n) is 14.6. The van der Waals surface area contributed by atoms with Crippen LogP contribution in [0.2, 0.25) is 0 Å². The van der Waals surface area contributed by atoms with E-state index in [1.54, 1.807) is 30.3 Å². The van der Waals surface area contributed by atoms with Crippen molar-refractivity contribution >= 4 is 26.8 Å². The third-order valence-electron chi connectivity index (χ3n) is 4.85. The molecular formula is C23H13BrN2O2. The van der Waals surface area contributed by atoms with E-state index in [9.17, 15) is 9.90 Å². The summed E-state index contributed by atoms with van der Waals surface area (Å²) in [6, 6.07) is 21.9. The summed E-state index contributed by atoms with van der Waals surface area (Å²) in [7, 11) is 0. The van der Waals surface area contributed by atoms with Crippen LogP contribution in [-0.4, -0.2) is 14.7 Å². The first-order valence-electron chi connectivity index (χ1n) is 8.71. The maximum Gasteiger partial charge on any atom is 0.266 e. The molecule has 5 heteroatoms. The monoisotopic (exact) mass is 428 g/mol. The molecule has 2 heterocycles. The number of hydrogen-bond donors (Lipinski definition) is 1. The summed E-state index contributed by atoms with van der Waals surface area (Å²) in [6.45, 7) is 0. The van der Waals surface area contributed by atoms with E-state index in [2.05, 4.69) is 32.8 Å². The van der Waals surface area contributed by atoms with Gasteiger partial charge in [0.05, 0.1) is 16.6 Å². The fraction of sp³-hybridized carbons (Fsp3) is 0.0435. The minimum Gasteiger partial charge on any atom is -0.367 e. The van der Waals surface area contributed by atoms with Crippen LogP contribution in [0, 0.1) is 11.8 Å². The molecule has 0 bridgehead atoms. The number of hydrogen-bond acceptors (Lipinski definition) is 3. The van der Waals surface area contributed by atoms with Crippen LogP contribution in [0.25, 0.3) is 16.6 Å². The van der Waals surface area contributed by atoms with E-state index in [1.807, 2.05) is 42.5 Å². The molecule has 0 spiro atoms. The minimum atomic E-state index is -1.69. The highest BCUT2D eigenvalue weighted by Crippen LogP contribution is 2.40. The number of benzene rings is 3. The predicted molar refractivity (Wildman–Crippen MR) is 111 cm³/mol. The molecule has 5 rings (SSSR count). The number of aromatic nitrogens is 2. The van der Waals surface area contributed by atoms with Crippen molar-refractivity contribution in [2.24, 2.45) is 0 Å². The summed E-state index contributed by atoms with van der Waals surface area (Å²) < 4.78 is 2.26. The lowest BCUT2D eigenvalue weighted by molar-refractivity contribution is 0.141. The average molecular weight is 429 g/mol. The maximum absolute atomic E-state index is 13.2. The van der Waals surface area contributed by atoms with Gasteiger partial charge in [0, 0.05) is 15.6 Å². The van der Waals surface area contributed by atoms with Crippen LogP contribution in [0.4, 0.5) is 0 Å². The topological polar surface area (TPSA) is 55.1 Å². The van der Waals surface area contributed by atoms with Crippen molar-refractivity contribution in [3.63, 3.8) is 0 Å². The molecule has 0 saturated heterocycles. The van der Waals surface area contributed by atoms with Crippen LogP contribution < -0.4 is 5.56 Å². The van der Waals surface area contributed by atoms with Gasteiger partial charge in [0.25, 0.3) is 5.56 Å². The summed E-state index contributed by atoms with van der Waals surface area (Å²) in [5, 5.41) is 12.1. The lowest BCUT2D eigenvalue weighted by Gasteiger charge is -2.16. The highest BCUT2D eigenvalue weighted by Gasteiger charge is 2.44. The Morgan fingerprint density at radius 3 is 2.57 bits per heavy atom. The molecule has 0 aliphatic carbocycles. The Bertz CT molecular complexity index is 1370. The van der Waals surface area contributed by atoms with Gasteiger partial charge in [-0.3, -0.25) is 9.36 Å². The molecule has 4 nitrogen and oxygen atoms in total. The molecule has 1 aromatic heterocycles. The van der Waals surface area contributed by atoms with Crippen molar-refractivity contribution < 1.29 is 5.11 Å². The molecule has 4 aromatic rings. The van der Waals surface area contributed by atoms with Crippen LogP contribution in [0.1, 0.15) is 17.0 Å². The summed E-state index contributed by atoms with van der Waals surface area (Å²) in [4.78, 5) is 17.8. The SMILES string of the molecule is O=c1c2ccccc2nc2n1-c1cc(Br)ccc1C2(O)C#Cc1ccccc1. The van der Waals surface area contributed by atoms with Gasteiger partial charge in [-0.15, -0.1) is 0 Å². The first-order valence-corrected chi connectivity index (χ1v) is 9.50. The van der Waals surface area contributed by atoms with E-state index in [4.69, 9.17) is 0 Å². The molecule has 1 aliphatic rings. The van der Waals surface area contributed by atoms with Crippen molar-refractivity contribution in [2.75, 3.05) is 0 Å². The Labute approximate surface area is 169 Å². The summed E-state index contributed by atoms with van der Waals surface area (Å²) in [5.41, 5.74) is 0.519. The van der Waals surface area contributed by atoms with Gasteiger partial charge in [-0.05, 0) is 42.3 Å². The minimum absolute atomic E-state index is 0.215. The van der Waals surface area contributed by atoms with E-state index in [0.29, 0.717) is 22.2 Å².